The molecule has 0 spiro atoms. The molecule has 150 valence electrons. The van der Waals surface area contributed by atoms with Crippen molar-refractivity contribution in [3.63, 3.8) is 0 Å². The lowest BCUT2D eigenvalue weighted by atomic mass is 10.1. The molecule has 0 heterocycles. The predicted octanol–water partition coefficient (Wildman–Crippen LogP) is 4.96. The highest BCUT2D eigenvalue weighted by atomic mass is 19.1. The molecule has 0 saturated carbocycles. The monoisotopic (exact) mass is 402 g/mol. The number of ether oxygens (including phenoxy) is 2. The fourth-order valence-electron chi connectivity index (χ4n) is 2.65. The second-order valence-corrected chi connectivity index (χ2v) is 6.31. The average Bonchev–Trinajstić information content (AvgIpc) is 2.77. The van der Waals surface area contributed by atoms with Crippen molar-refractivity contribution in [2.45, 2.75) is 6.61 Å². The third-order valence-corrected chi connectivity index (χ3v) is 4.24. The SMILES string of the molecule is COc1cccc(NC(=O)/C(C#N)=C/c2ccc(OCc3ccccc3F)cc2)c1. The molecule has 0 aromatic heterocycles. The van der Waals surface area contributed by atoms with Crippen LogP contribution in [0.1, 0.15) is 11.1 Å². The van der Waals surface area contributed by atoms with Crippen LogP contribution >= 0.6 is 0 Å². The van der Waals surface area contributed by atoms with Crippen LogP contribution in [0.15, 0.2) is 78.4 Å². The van der Waals surface area contributed by atoms with E-state index in [0.717, 1.165) is 0 Å². The Balaban J connectivity index is 1.66. The number of halogens is 1. The lowest BCUT2D eigenvalue weighted by Crippen LogP contribution is -2.13. The average molecular weight is 402 g/mol. The quantitative estimate of drug-likeness (QED) is 0.448. The van der Waals surface area contributed by atoms with Gasteiger partial charge >= 0.3 is 0 Å². The van der Waals surface area contributed by atoms with Gasteiger partial charge in [-0.3, -0.25) is 4.79 Å². The molecule has 0 aliphatic rings. The first-order valence-electron chi connectivity index (χ1n) is 9.12. The number of rotatable bonds is 7. The minimum atomic E-state index is -0.523. The van der Waals surface area contributed by atoms with Crippen LogP contribution < -0.4 is 14.8 Å². The zero-order valence-electron chi connectivity index (χ0n) is 16.3. The van der Waals surface area contributed by atoms with Gasteiger partial charge in [0.15, 0.2) is 0 Å². The summed E-state index contributed by atoms with van der Waals surface area (Å²) in [5.74, 6) is 0.305. The van der Waals surface area contributed by atoms with Crippen molar-refractivity contribution in [2.75, 3.05) is 12.4 Å². The maximum Gasteiger partial charge on any atom is 0.266 e. The van der Waals surface area contributed by atoms with Gasteiger partial charge in [-0.2, -0.15) is 5.26 Å². The molecule has 0 unspecified atom stereocenters. The molecule has 30 heavy (non-hydrogen) atoms. The predicted molar refractivity (Wildman–Crippen MR) is 112 cm³/mol. The van der Waals surface area contributed by atoms with Crippen molar-refractivity contribution in [3.8, 4) is 17.6 Å². The molecule has 3 aromatic carbocycles. The molecule has 0 atom stereocenters. The number of nitriles is 1. The minimum Gasteiger partial charge on any atom is -0.497 e. The van der Waals surface area contributed by atoms with Crippen LogP contribution in [-0.4, -0.2) is 13.0 Å². The van der Waals surface area contributed by atoms with Crippen LogP contribution in [0.3, 0.4) is 0 Å². The Bertz CT molecular complexity index is 1100. The van der Waals surface area contributed by atoms with E-state index < -0.39 is 5.91 Å². The van der Waals surface area contributed by atoms with Gasteiger partial charge in [0.25, 0.3) is 5.91 Å². The van der Waals surface area contributed by atoms with Gasteiger partial charge in [0.05, 0.1) is 7.11 Å². The molecule has 0 aliphatic carbocycles. The summed E-state index contributed by atoms with van der Waals surface area (Å²) < 4.78 is 24.4. The normalized spacial score (nSPS) is 10.8. The van der Waals surface area contributed by atoms with Crippen molar-refractivity contribution >= 4 is 17.7 Å². The highest BCUT2D eigenvalue weighted by Gasteiger charge is 2.10. The summed E-state index contributed by atoms with van der Waals surface area (Å²) in [7, 11) is 1.53. The number of amides is 1. The minimum absolute atomic E-state index is 0.0437. The number of anilines is 1. The summed E-state index contributed by atoms with van der Waals surface area (Å²) in [6, 6.07) is 22.0. The van der Waals surface area contributed by atoms with Crippen LogP contribution in [0.4, 0.5) is 10.1 Å². The Labute approximate surface area is 174 Å². The number of nitrogens with zero attached hydrogens (tertiary/aromatic N) is 1. The molecule has 6 heteroatoms. The molecule has 3 aromatic rings. The molecular formula is C24H19FN2O3. The summed E-state index contributed by atoms with van der Waals surface area (Å²) in [5.41, 5.74) is 1.60. The van der Waals surface area contributed by atoms with Crippen LogP contribution in [0.25, 0.3) is 6.08 Å². The van der Waals surface area contributed by atoms with Gasteiger partial charge in [-0.1, -0.05) is 36.4 Å². The number of benzene rings is 3. The fraction of sp³-hybridized carbons (Fsp3) is 0.0833. The van der Waals surface area contributed by atoms with Crippen molar-refractivity contribution in [3.05, 3.63) is 95.3 Å². The molecule has 0 fully saturated rings. The topological polar surface area (TPSA) is 71.3 Å². The summed E-state index contributed by atoms with van der Waals surface area (Å²) in [6.45, 7) is 0.105. The first-order valence-corrected chi connectivity index (χ1v) is 9.12. The fourth-order valence-corrected chi connectivity index (χ4v) is 2.65. The van der Waals surface area contributed by atoms with Gasteiger partial charge in [-0.15, -0.1) is 0 Å². The van der Waals surface area contributed by atoms with Crippen LogP contribution in [0.2, 0.25) is 0 Å². The molecule has 1 N–H and O–H groups in total. The van der Waals surface area contributed by atoms with Crippen molar-refractivity contribution in [2.24, 2.45) is 0 Å². The van der Waals surface area contributed by atoms with Crippen LogP contribution in [0.5, 0.6) is 11.5 Å². The molecule has 0 aliphatic heterocycles. The van der Waals surface area contributed by atoms with Gasteiger partial charge in [0, 0.05) is 17.3 Å². The summed E-state index contributed by atoms with van der Waals surface area (Å²) in [5, 5.41) is 12.0. The van der Waals surface area contributed by atoms with Crippen molar-refractivity contribution in [1.29, 1.82) is 5.26 Å². The van der Waals surface area contributed by atoms with E-state index in [9.17, 15) is 14.4 Å². The third kappa shape index (κ3) is 5.46. The van der Waals surface area contributed by atoms with E-state index in [4.69, 9.17) is 9.47 Å². The second kappa shape index (κ2) is 9.89. The number of nitrogens with one attached hydrogen (secondary N) is 1. The summed E-state index contributed by atoms with van der Waals surface area (Å²) in [4.78, 5) is 12.4. The van der Waals surface area contributed by atoms with Gasteiger partial charge in [-0.05, 0) is 42.0 Å². The Morgan fingerprint density at radius 3 is 2.53 bits per heavy atom. The highest BCUT2D eigenvalue weighted by molar-refractivity contribution is 6.09. The van der Waals surface area contributed by atoms with E-state index in [0.29, 0.717) is 28.3 Å². The number of hydrogen-bond acceptors (Lipinski definition) is 4. The number of methoxy groups -OCH3 is 1. The molecule has 0 bridgehead atoms. The van der Waals surface area contributed by atoms with Gasteiger partial charge < -0.3 is 14.8 Å². The van der Waals surface area contributed by atoms with E-state index in [2.05, 4.69) is 5.32 Å². The summed E-state index contributed by atoms with van der Waals surface area (Å²) in [6.07, 6.45) is 1.48. The molecular weight excluding hydrogens is 383 g/mol. The van der Waals surface area contributed by atoms with Gasteiger partial charge in [0.1, 0.15) is 35.6 Å². The van der Waals surface area contributed by atoms with Crippen LogP contribution in [0, 0.1) is 17.1 Å². The summed E-state index contributed by atoms with van der Waals surface area (Å²) >= 11 is 0. The van der Waals surface area contributed by atoms with Gasteiger partial charge in [0.2, 0.25) is 0 Å². The van der Waals surface area contributed by atoms with E-state index in [-0.39, 0.29) is 18.0 Å². The lowest BCUT2D eigenvalue weighted by Gasteiger charge is -2.08. The maximum atomic E-state index is 13.6. The molecule has 1 amide bonds. The Morgan fingerprint density at radius 2 is 1.83 bits per heavy atom. The molecule has 0 radical (unpaired) electrons. The smallest absolute Gasteiger partial charge is 0.266 e. The van der Waals surface area contributed by atoms with Crippen molar-refractivity contribution in [1.82, 2.24) is 0 Å². The van der Waals surface area contributed by atoms with Gasteiger partial charge in [-0.25, -0.2) is 4.39 Å². The zero-order chi connectivity index (χ0) is 21.3. The zero-order valence-corrected chi connectivity index (χ0v) is 16.3. The van der Waals surface area contributed by atoms with E-state index in [1.807, 2.05) is 6.07 Å². The number of hydrogen-bond donors (Lipinski definition) is 1. The first-order chi connectivity index (χ1) is 14.6. The second-order valence-electron chi connectivity index (χ2n) is 6.31. The van der Waals surface area contributed by atoms with Crippen molar-refractivity contribution < 1.29 is 18.7 Å². The molecule has 0 saturated heterocycles. The number of carbonyl (C=O) groups is 1. The molecule has 3 rings (SSSR count). The van der Waals surface area contributed by atoms with E-state index in [1.54, 1.807) is 66.7 Å². The van der Waals surface area contributed by atoms with Crippen LogP contribution in [-0.2, 0) is 11.4 Å². The maximum absolute atomic E-state index is 13.6. The van der Waals surface area contributed by atoms with E-state index >= 15 is 0 Å². The van der Waals surface area contributed by atoms with E-state index in [1.165, 1.54) is 19.3 Å². The third-order valence-electron chi connectivity index (χ3n) is 4.24. The lowest BCUT2D eigenvalue weighted by molar-refractivity contribution is -0.112. The number of carbonyl (C=O) groups excluding carboxylic acids is 1. The molecule has 5 nitrogen and oxygen atoms in total. The standard InChI is InChI=1S/C24H19FN2O3/c1-29-22-7-4-6-20(14-22)27-24(28)19(15-26)13-17-9-11-21(12-10-17)30-16-18-5-2-3-8-23(18)25/h2-14H,16H2,1H3,(H,27,28)/b19-13+. The Hall–Kier alpha value is -4.11. The highest BCUT2D eigenvalue weighted by Crippen LogP contribution is 2.19. The Kier molecular flexibility index (Phi) is 6.80. The Morgan fingerprint density at radius 1 is 1.07 bits per heavy atom. The largest absolute Gasteiger partial charge is 0.497 e. The first kappa shape index (κ1) is 20.6.